The highest BCUT2D eigenvalue weighted by Gasteiger charge is 2.19. The zero-order valence-electron chi connectivity index (χ0n) is 16.2. The molecule has 0 saturated heterocycles. The van der Waals surface area contributed by atoms with Gasteiger partial charge in [0.25, 0.3) is 11.6 Å². The van der Waals surface area contributed by atoms with E-state index in [1.165, 1.54) is 0 Å². The third kappa shape index (κ3) is 4.17. The molecule has 0 bridgehead atoms. The number of hydrogen-bond donors (Lipinski definition) is 1. The first-order chi connectivity index (χ1) is 13.0. The lowest BCUT2D eigenvalue weighted by atomic mass is 10.0. The number of carbonyl (C=O) groups is 1. The molecule has 0 fully saturated rings. The van der Waals surface area contributed by atoms with Gasteiger partial charge in [-0.1, -0.05) is 43.3 Å². The Kier molecular flexibility index (Phi) is 5.86. The summed E-state index contributed by atoms with van der Waals surface area (Å²) in [5.41, 5.74) is 4.53. The average molecular weight is 367 g/mol. The molecule has 0 spiro atoms. The first kappa shape index (κ1) is 19.0. The van der Waals surface area contributed by atoms with E-state index in [0.717, 1.165) is 16.8 Å². The Morgan fingerprint density at radius 2 is 2.00 bits per heavy atom. The maximum absolute atomic E-state index is 12.9. The normalized spacial score (nSPS) is 11.3. The van der Waals surface area contributed by atoms with Crippen LogP contribution in [0.25, 0.3) is 11.1 Å². The van der Waals surface area contributed by atoms with Crippen molar-refractivity contribution in [1.82, 2.24) is 15.5 Å². The van der Waals surface area contributed by atoms with Gasteiger partial charge in [-0.3, -0.25) is 4.79 Å². The predicted octanol–water partition coefficient (Wildman–Crippen LogP) is 4.12. The van der Waals surface area contributed by atoms with Gasteiger partial charge in [-0.25, -0.2) is 4.98 Å². The van der Waals surface area contributed by atoms with Crippen LogP contribution in [0.2, 0.25) is 0 Å². The maximum atomic E-state index is 12.9. The summed E-state index contributed by atoms with van der Waals surface area (Å²) < 4.78 is 10.8. The number of aromatic nitrogens is 2. The van der Waals surface area contributed by atoms with E-state index in [1.54, 1.807) is 0 Å². The number of fused-ring (bicyclic) bond motifs is 1. The highest BCUT2D eigenvalue weighted by molar-refractivity contribution is 6.06. The number of aryl methyl sites for hydroxylation is 1. The number of amides is 1. The summed E-state index contributed by atoms with van der Waals surface area (Å²) in [6.45, 7) is 9.45. The number of rotatable bonds is 7. The molecule has 0 aliphatic heterocycles. The van der Waals surface area contributed by atoms with Crippen molar-refractivity contribution in [1.29, 1.82) is 0 Å². The average Bonchev–Trinajstić information content (AvgIpc) is 3.05. The molecule has 1 aromatic carbocycles. The van der Waals surface area contributed by atoms with Crippen LogP contribution in [-0.4, -0.2) is 22.7 Å². The van der Waals surface area contributed by atoms with E-state index in [0.29, 0.717) is 42.1 Å². The molecule has 27 heavy (non-hydrogen) atoms. The van der Waals surface area contributed by atoms with Crippen LogP contribution in [0.5, 0.6) is 0 Å². The van der Waals surface area contributed by atoms with Crippen molar-refractivity contribution >= 4 is 17.0 Å². The molecule has 2 aromatic heterocycles. The van der Waals surface area contributed by atoms with Crippen LogP contribution >= 0.6 is 0 Å². The third-order valence-electron chi connectivity index (χ3n) is 4.49. The van der Waals surface area contributed by atoms with Gasteiger partial charge in [0.1, 0.15) is 0 Å². The molecule has 0 atom stereocenters. The molecular weight excluding hydrogens is 342 g/mol. The quantitative estimate of drug-likeness (QED) is 0.680. The number of carbonyl (C=O) groups excluding carboxylic acids is 1. The van der Waals surface area contributed by atoms with Gasteiger partial charge in [0, 0.05) is 18.8 Å². The summed E-state index contributed by atoms with van der Waals surface area (Å²) in [5, 5.41) is 7.65. The van der Waals surface area contributed by atoms with Crippen LogP contribution in [0, 0.1) is 6.92 Å². The lowest BCUT2D eigenvalue weighted by molar-refractivity contribution is 0.0951. The number of benzene rings is 1. The number of pyridine rings is 1. The van der Waals surface area contributed by atoms with Crippen molar-refractivity contribution in [3.8, 4) is 0 Å². The zero-order valence-corrected chi connectivity index (χ0v) is 16.2. The minimum absolute atomic E-state index is 0.165. The van der Waals surface area contributed by atoms with Gasteiger partial charge in [-0.2, -0.15) is 0 Å². The Bertz CT molecular complexity index is 947. The highest BCUT2D eigenvalue weighted by Crippen LogP contribution is 2.25. The second-order valence-electron chi connectivity index (χ2n) is 6.79. The van der Waals surface area contributed by atoms with Crippen molar-refractivity contribution in [2.75, 3.05) is 6.61 Å². The highest BCUT2D eigenvalue weighted by atomic mass is 16.5. The summed E-state index contributed by atoms with van der Waals surface area (Å²) >= 11 is 0. The van der Waals surface area contributed by atoms with Crippen LogP contribution in [0.4, 0.5) is 0 Å². The molecule has 0 aliphatic carbocycles. The Labute approximate surface area is 158 Å². The van der Waals surface area contributed by atoms with Gasteiger partial charge in [-0.15, -0.1) is 0 Å². The molecule has 0 saturated carbocycles. The fourth-order valence-electron chi connectivity index (χ4n) is 2.94. The molecule has 2 heterocycles. The molecule has 1 N–H and O–H groups in total. The second-order valence-corrected chi connectivity index (χ2v) is 6.79. The van der Waals surface area contributed by atoms with Gasteiger partial charge < -0.3 is 14.6 Å². The number of nitrogens with zero attached hydrogens (tertiary/aromatic N) is 2. The second kappa shape index (κ2) is 8.31. The van der Waals surface area contributed by atoms with Crippen molar-refractivity contribution in [2.45, 2.75) is 46.8 Å². The maximum Gasteiger partial charge on any atom is 0.259 e. The van der Waals surface area contributed by atoms with Crippen molar-refractivity contribution in [3.63, 3.8) is 0 Å². The summed E-state index contributed by atoms with van der Waals surface area (Å²) in [6.07, 6.45) is 0. The van der Waals surface area contributed by atoms with E-state index >= 15 is 0 Å². The van der Waals surface area contributed by atoms with E-state index in [1.807, 2.05) is 58.0 Å². The van der Waals surface area contributed by atoms with Gasteiger partial charge in [-0.05, 0) is 37.0 Å². The van der Waals surface area contributed by atoms with E-state index in [4.69, 9.17) is 9.26 Å². The van der Waals surface area contributed by atoms with Crippen LogP contribution in [0.1, 0.15) is 59.6 Å². The lowest BCUT2D eigenvalue weighted by Gasteiger charge is -2.12. The van der Waals surface area contributed by atoms with E-state index in [2.05, 4.69) is 15.5 Å². The molecule has 6 heteroatoms. The van der Waals surface area contributed by atoms with Crippen molar-refractivity contribution in [3.05, 3.63) is 58.4 Å². The summed E-state index contributed by atoms with van der Waals surface area (Å²) in [5.74, 6) is 0.0140. The standard InChI is InChI=1S/C21H25N3O3/c1-5-26-12-16-9-7-6-8-15(16)11-22-20(25)17-10-18(13(2)3)23-21-19(17)14(4)24-27-21/h6-10,13H,5,11-12H2,1-4H3,(H,22,25). The number of ether oxygens (including phenoxy) is 1. The monoisotopic (exact) mass is 367 g/mol. The minimum atomic E-state index is -0.165. The fourth-order valence-corrected chi connectivity index (χ4v) is 2.94. The smallest absolute Gasteiger partial charge is 0.259 e. The Balaban J connectivity index is 1.86. The van der Waals surface area contributed by atoms with Gasteiger partial charge >= 0.3 is 0 Å². The van der Waals surface area contributed by atoms with Gasteiger partial charge in [0.15, 0.2) is 0 Å². The summed E-state index contributed by atoms with van der Waals surface area (Å²) in [7, 11) is 0. The van der Waals surface area contributed by atoms with Crippen LogP contribution in [0.15, 0.2) is 34.9 Å². The fraction of sp³-hybridized carbons (Fsp3) is 0.381. The third-order valence-corrected chi connectivity index (χ3v) is 4.49. The molecule has 3 rings (SSSR count). The molecule has 6 nitrogen and oxygen atoms in total. The molecule has 0 radical (unpaired) electrons. The molecule has 142 valence electrons. The Morgan fingerprint density at radius 3 is 2.70 bits per heavy atom. The topological polar surface area (TPSA) is 77.2 Å². The summed E-state index contributed by atoms with van der Waals surface area (Å²) in [4.78, 5) is 17.4. The molecule has 0 aliphatic rings. The SMILES string of the molecule is CCOCc1ccccc1CNC(=O)c1cc(C(C)C)nc2onc(C)c12. The first-order valence-electron chi connectivity index (χ1n) is 9.20. The first-order valence-corrected chi connectivity index (χ1v) is 9.20. The lowest BCUT2D eigenvalue weighted by Crippen LogP contribution is -2.24. The molecular formula is C21H25N3O3. The van der Waals surface area contributed by atoms with Crippen molar-refractivity contribution < 1.29 is 14.1 Å². The van der Waals surface area contributed by atoms with E-state index < -0.39 is 0 Å². The summed E-state index contributed by atoms with van der Waals surface area (Å²) in [6, 6.07) is 9.78. The molecule has 0 unspecified atom stereocenters. The van der Waals surface area contributed by atoms with Gasteiger partial charge in [0.2, 0.25) is 0 Å². The largest absolute Gasteiger partial charge is 0.377 e. The number of hydrogen-bond acceptors (Lipinski definition) is 5. The minimum Gasteiger partial charge on any atom is -0.377 e. The van der Waals surface area contributed by atoms with Crippen molar-refractivity contribution in [2.24, 2.45) is 0 Å². The Hall–Kier alpha value is -2.73. The van der Waals surface area contributed by atoms with Crippen LogP contribution < -0.4 is 5.32 Å². The van der Waals surface area contributed by atoms with E-state index in [-0.39, 0.29) is 11.8 Å². The van der Waals surface area contributed by atoms with Gasteiger partial charge in [0.05, 0.1) is 23.3 Å². The predicted molar refractivity (Wildman–Crippen MR) is 104 cm³/mol. The van der Waals surface area contributed by atoms with Crippen LogP contribution in [0.3, 0.4) is 0 Å². The molecule has 3 aromatic rings. The van der Waals surface area contributed by atoms with E-state index in [9.17, 15) is 4.79 Å². The molecule has 1 amide bonds. The Morgan fingerprint density at radius 1 is 1.26 bits per heavy atom. The zero-order chi connectivity index (χ0) is 19.4. The number of nitrogens with one attached hydrogen (secondary N) is 1. The van der Waals surface area contributed by atoms with Crippen LogP contribution in [-0.2, 0) is 17.9 Å².